The number of fused-ring (bicyclic) bond motifs is 1. The average molecular weight is 443 g/mol. The molecule has 0 atom stereocenters. The third-order valence-corrected chi connectivity index (χ3v) is 5.89. The summed E-state index contributed by atoms with van der Waals surface area (Å²) in [7, 11) is 2.11. The minimum atomic E-state index is -0.211. The van der Waals surface area contributed by atoms with Crippen LogP contribution in [-0.4, -0.2) is 59.0 Å². The summed E-state index contributed by atoms with van der Waals surface area (Å²) in [5, 5.41) is 2.92. The number of aromatic amines is 1. The second kappa shape index (κ2) is 10.3. The Labute approximate surface area is 194 Å². The highest BCUT2D eigenvalue weighted by Crippen LogP contribution is 2.24. The molecule has 7 heteroatoms. The Morgan fingerprint density at radius 2 is 1.70 bits per heavy atom. The van der Waals surface area contributed by atoms with Gasteiger partial charge in [-0.15, -0.1) is 0 Å². The lowest BCUT2D eigenvalue weighted by atomic mass is 10.2. The lowest BCUT2D eigenvalue weighted by Gasteiger charge is -2.24. The molecule has 0 aliphatic heterocycles. The van der Waals surface area contributed by atoms with Crippen LogP contribution in [0.4, 0.5) is 11.4 Å². The number of hydrogen-bond donors (Lipinski definition) is 2. The molecule has 2 aromatic heterocycles. The van der Waals surface area contributed by atoms with Crippen molar-refractivity contribution in [1.29, 1.82) is 0 Å². The summed E-state index contributed by atoms with van der Waals surface area (Å²) in [5.41, 5.74) is 4.47. The summed E-state index contributed by atoms with van der Waals surface area (Å²) in [6.07, 6.45) is 1.62. The van der Waals surface area contributed by atoms with Crippen molar-refractivity contribution in [2.45, 2.75) is 13.8 Å². The summed E-state index contributed by atoms with van der Waals surface area (Å²) in [6, 6.07) is 19.4. The number of H-pyrrole nitrogens is 1. The predicted octanol–water partition coefficient (Wildman–Crippen LogP) is 4.66. The van der Waals surface area contributed by atoms with E-state index < -0.39 is 0 Å². The highest BCUT2D eigenvalue weighted by Gasteiger charge is 2.16. The van der Waals surface area contributed by atoms with Crippen LogP contribution in [0.15, 0.2) is 66.9 Å². The van der Waals surface area contributed by atoms with Crippen LogP contribution in [-0.2, 0) is 0 Å². The van der Waals surface area contributed by atoms with E-state index in [4.69, 9.17) is 4.98 Å². The predicted molar refractivity (Wildman–Crippen MR) is 135 cm³/mol. The number of carbonyl (C=O) groups excluding carboxylic acids is 1. The molecule has 33 heavy (non-hydrogen) atoms. The minimum Gasteiger partial charge on any atom is -0.373 e. The van der Waals surface area contributed by atoms with Gasteiger partial charge in [0.05, 0.1) is 5.56 Å². The number of rotatable bonds is 9. The van der Waals surface area contributed by atoms with Gasteiger partial charge in [-0.25, -0.2) is 9.97 Å². The standard InChI is InChI=1S/C26H30N6O/c1-4-32(5-2)18-17-31(3)21-13-11-19(12-14-21)24-29-23-22(15-16-27-25(23)30-24)26(33)28-20-9-7-6-8-10-20/h6-16H,4-5,17-18H2,1-3H3,(H,28,33)(H,27,29,30). The first-order chi connectivity index (χ1) is 16.1. The van der Waals surface area contributed by atoms with Crippen LogP contribution in [0.2, 0.25) is 0 Å². The number of nitrogens with one attached hydrogen (secondary N) is 2. The fourth-order valence-corrected chi connectivity index (χ4v) is 3.78. The van der Waals surface area contributed by atoms with Crippen molar-refractivity contribution in [3.8, 4) is 11.4 Å². The molecule has 4 rings (SSSR count). The van der Waals surface area contributed by atoms with Gasteiger partial charge in [0.15, 0.2) is 5.65 Å². The largest absolute Gasteiger partial charge is 0.373 e. The normalized spacial score (nSPS) is 11.2. The summed E-state index contributed by atoms with van der Waals surface area (Å²) in [4.78, 5) is 29.8. The van der Waals surface area contributed by atoms with Crippen molar-refractivity contribution in [3.05, 3.63) is 72.4 Å². The van der Waals surface area contributed by atoms with Gasteiger partial charge in [-0.3, -0.25) is 4.79 Å². The Balaban J connectivity index is 1.52. The number of pyridine rings is 1. The molecule has 0 saturated heterocycles. The Morgan fingerprint density at radius 1 is 0.970 bits per heavy atom. The van der Waals surface area contributed by atoms with E-state index in [1.165, 1.54) is 0 Å². The molecule has 2 aromatic carbocycles. The Morgan fingerprint density at radius 3 is 2.39 bits per heavy atom. The molecule has 0 saturated carbocycles. The van der Waals surface area contributed by atoms with E-state index in [-0.39, 0.29) is 5.91 Å². The zero-order chi connectivity index (χ0) is 23.2. The lowest BCUT2D eigenvalue weighted by Crippen LogP contribution is -2.33. The monoisotopic (exact) mass is 442 g/mol. The smallest absolute Gasteiger partial charge is 0.258 e. The fourth-order valence-electron chi connectivity index (χ4n) is 3.78. The zero-order valence-corrected chi connectivity index (χ0v) is 19.4. The van der Waals surface area contributed by atoms with Crippen molar-refractivity contribution in [2.24, 2.45) is 0 Å². The number of hydrogen-bond acceptors (Lipinski definition) is 5. The van der Waals surface area contributed by atoms with Crippen molar-refractivity contribution in [2.75, 3.05) is 43.4 Å². The van der Waals surface area contributed by atoms with E-state index in [2.05, 4.69) is 58.1 Å². The topological polar surface area (TPSA) is 77.2 Å². The summed E-state index contributed by atoms with van der Waals surface area (Å²) < 4.78 is 0. The molecule has 0 bridgehead atoms. The van der Waals surface area contributed by atoms with E-state index in [0.717, 1.165) is 43.1 Å². The van der Waals surface area contributed by atoms with Gasteiger partial charge < -0.3 is 20.1 Å². The van der Waals surface area contributed by atoms with Crippen LogP contribution in [0.1, 0.15) is 24.2 Å². The molecule has 2 N–H and O–H groups in total. The maximum absolute atomic E-state index is 12.8. The Kier molecular flexibility index (Phi) is 7.00. The molecule has 0 radical (unpaired) electrons. The van der Waals surface area contributed by atoms with Gasteiger partial charge in [0, 0.05) is 43.3 Å². The molecule has 2 heterocycles. The molecule has 4 aromatic rings. The Hall–Kier alpha value is -3.71. The highest BCUT2D eigenvalue weighted by atomic mass is 16.1. The number of nitrogens with zero attached hydrogens (tertiary/aromatic N) is 4. The fraction of sp³-hybridized carbons (Fsp3) is 0.269. The number of anilines is 2. The van der Waals surface area contributed by atoms with Crippen LogP contribution in [0.25, 0.3) is 22.6 Å². The Bertz CT molecular complexity index is 1200. The highest BCUT2D eigenvalue weighted by molar-refractivity contribution is 6.11. The molecular formula is C26H30N6O. The number of amides is 1. The van der Waals surface area contributed by atoms with Crippen molar-refractivity contribution >= 4 is 28.4 Å². The van der Waals surface area contributed by atoms with E-state index in [1.807, 2.05) is 42.5 Å². The molecule has 1 amide bonds. The molecule has 0 fully saturated rings. The summed E-state index contributed by atoms with van der Waals surface area (Å²) in [5.74, 6) is 0.478. The van der Waals surface area contributed by atoms with Crippen LogP contribution >= 0.6 is 0 Å². The first-order valence-electron chi connectivity index (χ1n) is 11.3. The molecule has 0 unspecified atom stereocenters. The molecule has 0 aliphatic carbocycles. The van der Waals surface area contributed by atoms with Crippen molar-refractivity contribution in [3.63, 3.8) is 0 Å². The van der Waals surface area contributed by atoms with Crippen LogP contribution in [0.3, 0.4) is 0 Å². The summed E-state index contributed by atoms with van der Waals surface area (Å²) >= 11 is 0. The van der Waals surface area contributed by atoms with Gasteiger partial charge in [-0.1, -0.05) is 32.0 Å². The van der Waals surface area contributed by atoms with Crippen molar-refractivity contribution < 1.29 is 4.79 Å². The maximum atomic E-state index is 12.8. The third kappa shape index (κ3) is 5.21. The number of para-hydroxylation sites is 1. The quantitative estimate of drug-likeness (QED) is 0.394. The first-order valence-corrected chi connectivity index (χ1v) is 11.3. The maximum Gasteiger partial charge on any atom is 0.258 e. The first kappa shape index (κ1) is 22.5. The summed E-state index contributed by atoms with van der Waals surface area (Å²) in [6.45, 7) is 8.52. The average Bonchev–Trinajstić information content (AvgIpc) is 3.30. The van der Waals surface area contributed by atoms with E-state index in [0.29, 0.717) is 22.6 Å². The van der Waals surface area contributed by atoms with E-state index >= 15 is 0 Å². The number of imidazole rings is 1. The van der Waals surface area contributed by atoms with Crippen LogP contribution < -0.4 is 10.2 Å². The van der Waals surface area contributed by atoms with Gasteiger partial charge in [-0.05, 0) is 55.6 Å². The number of benzene rings is 2. The molecule has 170 valence electrons. The van der Waals surface area contributed by atoms with Gasteiger partial charge >= 0.3 is 0 Å². The second-order valence-electron chi connectivity index (χ2n) is 7.96. The lowest BCUT2D eigenvalue weighted by molar-refractivity contribution is 0.102. The number of aromatic nitrogens is 3. The molecule has 7 nitrogen and oxygen atoms in total. The van der Waals surface area contributed by atoms with Gasteiger partial charge in [0.1, 0.15) is 11.3 Å². The SMILES string of the molecule is CCN(CC)CCN(C)c1ccc(-c2nc3c(C(=O)Nc4ccccc4)ccnc3[nH]2)cc1. The van der Waals surface area contributed by atoms with Crippen LogP contribution in [0, 0.1) is 0 Å². The van der Waals surface area contributed by atoms with E-state index in [1.54, 1.807) is 12.3 Å². The third-order valence-electron chi connectivity index (χ3n) is 5.89. The van der Waals surface area contributed by atoms with Crippen LogP contribution in [0.5, 0.6) is 0 Å². The van der Waals surface area contributed by atoms with Crippen molar-refractivity contribution in [1.82, 2.24) is 19.9 Å². The van der Waals surface area contributed by atoms with Gasteiger partial charge in [0.2, 0.25) is 0 Å². The zero-order valence-electron chi connectivity index (χ0n) is 19.4. The number of carbonyl (C=O) groups is 1. The van der Waals surface area contributed by atoms with E-state index in [9.17, 15) is 4.79 Å². The van der Waals surface area contributed by atoms with Gasteiger partial charge in [0.25, 0.3) is 5.91 Å². The molecule has 0 spiro atoms. The molecule has 0 aliphatic rings. The molecular weight excluding hydrogens is 412 g/mol. The number of likely N-dealkylation sites (N-methyl/N-ethyl adjacent to an activating group) is 2. The van der Waals surface area contributed by atoms with Gasteiger partial charge in [-0.2, -0.15) is 0 Å². The minimum absolute atomic E-state index is 0.211. The second-order valence-corrected chi connectivity index (χ2v) is 7.96.